The lowest BCUT2D eigenvalue weighted by molar-refractivity contribution is 0.0481. The summed E-state index contributed by atoms with van der Waals surface area (Å²) in [7, 11) is -3.40. The Bertz CT molecular complexity index is 1170. The van der Waals surface area contributed by atoms with Crippen molar-refractivity contribution in [2.24, 2.45) is 0 Å². The van der Waals surface area contributed by atoms with E-state index in [0.717, 1.165) is 0 Å². The summed E-state index contributed by atoms with van der Waals surface area (Å²) < 4.78 is 17.3. The van der Waals surface area contributed by atoms with Crippen LogP contribution >= 0.6 is 7.37 Å². The highest BCUT2D eigenvalue weighted by molar-refractivity contribution is 7.73. The van der Waals surface area contributed by atoms with Gasteiger partial charge in [-0.1, -0.05) is 54.6 Å². The van der Waals surface area contributed by atoms with Gasteiger partial charge in [0, 0.05) is 10.6 Å². The number of carboxylic acid groups (broad SMARTS) is 1. The van der Waals surface area contributed by atoms with Crippen LogP contribution in [-0.4, -0.2) is 38.9 Å². The highest BCUT2D eigenvalue weighted by Crippen LogP contribution is 2.37. The fourth-order valence-corrected chi connectivity index (χ4v) is 4.46. The topological polar surface area (TPSA) is 128 Å². The first-order chi connectivity index (χ1) is 17.1. The lowest BCUT2D eigenvalue weighted by atomic mass is 9.83. The van der Waals surface area contributed by atoms with Crippen LogP contribution in [0.2, 0.25) is 0 Å². The summed E-state index contributed by atoms with van der Waals surface area (Å²) in [6.45, 7) is 3.27. The Morgan fingerprint density at radius 2 is 1.31 bits per heavy atom. The Hall–Kier alpha value is -3.48. The SMILES string of the molecule is CC(O)C(C)(CO)c1ccco1.O=C(O)c1ccccc1.O=P(O)(c1ccccc1)c1ccccc1. The molecule has 1 heterocycles. The Labute approximate surface area is 210 Å². The molecule has 3 aromatic carbocycles. The van der Waals surface area contributed by atoms with E-state index in [0.29, 0.717) is 21.9 Å². The number of carboxylic acids is 1. The zero-order valence-electron chi connectivity index (χ0n) is 20.1. The van der Waals surface area contributed by atoms with Gasteiger partial charge in [-0.05, 0) is 62.4 Å². The largest absolute Gasteiger partial charge is 0.478 e. The summed E-state index contributed by atoms with van der Waals surface area (Å²) in [5, 5.41) is 27.9. The van der Waals surface area contributed by atoms with Crippen molar-refractivity contribution < 1.29 is 34.0 Å². The van der Waals surface area contributed by atoms with Crippen LogP contribution < -0.4 is 10.6 Å². The zero-order chi connectivity index (χ0) is 26.6. The van der Waals surface area contributed by atoms with Crippen LogP contribution in [0.5, 0.6) is 0 Å². The molecule has 0 amide bonds. The first-order valence-electron chi connectivity index (χ1n) is 11.2. The van der Waals surface area contributed by atoms with Crippen LogP contribution in [-0.2, 0) is 9.98 Å². The number of furan rings is 1. The van der Waals surface area contributed by atoms with Crippen molar-refractivity contribution in [3.8, 4) is 0 Å². The van der Waals surface area contributed by atoms with E-state index in [1.807, 2.05) is 12.1 Å². The van der Waals surface area contributed by atoms with Crippen molar-refractivity contribution in [1.82, 2.24) is 0 Å². The summed E-state index contributed by atoms with van der Waals surface area (Å²) in [6, 6.07) is 29.2. The molecule has 0 radical (unpaired) electrons. The first kappa shape index (κ1) is 28.8. The van der Waals surface area contributed by atoms with Gasteiger partial charge in [0.2, 0.25) is 0 Å². The highest BCUT2D eigenvalue weighted by atomic mass is 31.2. The number of aliphatic hydroxyl groups excluding tert-OH is 2. The molecule has 4 N–H and O–H groups in total. The molecule has 0 aliphatic carbocycles. The van der Waals surface area contributed by atoms with Gasteiger partial charge in [-0.15, -0.1) is 0 Å². The van der Waals surface area contributed by atoms with Crippen LogP contribution in [0.3, 0.4) is 0 Å². The molecule has 2 atom stereocenters. The van der Waals surface area contributed by atoms with Crippen LogP contribution in [0.15, 0.2) is 114 Å². The second kappa shape index (κ2) is 13.6. The maximum Gasteiger partial charge on any atom is 0.335 e. The van der Waals surface area contributed by atoms with Gasteiger partial charge < -0.3 is 24.6 Å². The first-order valence-corrected chi connectivity index (χ1v) is 12.8. The van der Waals surface area contributed by atoms with Gasteiger partial charge in [-0.25, -0.2) is 4.79 Å². The third kappa shape index (κ3) is 7.77. The molecule has 0 bridgehead atoms. The van der Waals surface area contributed by atoms with E-state index < -0.39 is 24.9 Å². The lowest BCUT2D eigenvalue weighted by Crippen LogP contribution is -2.37. The van der Waals surface area contributed by atoms with E-state index in [9.17, 15) is 19.4 Å². The van der Waals surface area contributed by atoms with Crippen molar-refractivity contribution in [2.75, 3.05) is 6.61 Å². The summed E-state index contributed by atoms with van der Waals surface area (Å²) in [5.41, 5.74) is -0.360. The molecule has 0 saturated carbocycles. The number of benzene rings is 3. The summed E-state index contributed by atoms with van der Waals surface area (Å²) in [5.74, 6) is -0.268. The van der Waals surface area contributed by atoms with E-state index in [-0.39, 0.29) is 6.61 Å². The Morgan fingerprint density at radius 3 is 1.61 bits per heavy atom. The molecule has 0 saturated heterocycles. The second-order valence-corrected chi connectivity index (χ2v) is 10.3. The minimum Gasteiger partial charge on any atom is -0.478 e. The molecule has 0 fully saturated rings. The number of aliphatic hydroxyl groups is 2. The maximum atomic E-state index is 12.2. The van der Waals surface area contributed by atoms with Crippen molar-refractivity contribution in [1.29, 1.82) is 0 Å². The second-order valence-electron chi connectivity index (χ2n) is 8.15. The van der Waals surface area contributed by atoms with E-state index >= 15 is 0 Å². The van der Waals surface area contributed by atoms with Crippen LogP contribution in [0.25, 0.3) is 0 Å². The van der Waals surface area contributed by atoms with Crippen LogP contribution in [0, 0.1) is 0 Å². The molecule has 7 nitrogen and oxygen atoms in total. The van der Waals surface area contributed by atoms with Gasteiger partial charge in [0.05, 0.1) is 30.0 Å². The predicted molar refractivity (Wildman–Crippen MR) is 140 cm³/mol. The molecular weight excluding hydrogens is 479 g/mol. The molecule has 36 heavy (non-hydrogen) atoms. The molecule has 0 spiro atoms. The Kier molecular flexibility index (Phi) is 10.8. The minimum atomic E-state index is -3.40. The number of rotatable bonds is 6. The number of carbonyl (C=O) groups is 1. The number of hydrogen-bond donors (Lipinski definition) is 4. The van der Waals surface area contributed by atoms with E-state index in [4.69, 9.17) is 14.6 Å². The van der Waals surface area contributed by atoms with E-state index in [1.54, 1.807) is 105 Å². The minimum absolute atomic E-state index is 0.127. The van der Waals surface area contributed by atoms with Gasteiger partial charge >= 0.3 is 5.97 Å². The van der Waals surface area contributed by atoms with Crippen LogP contribution in [0.1, 0.15) is 30.0 Å². The predicted octanol–water partition coefficient (Wildman–Crippen LogP) is 4.20. The van der Waals surface area contributed by atoms with E-state index in [2.05, 4.69) is 0 Å². The number of aromatic carboxylic acids is 1. The van der Waals surface area contributed by atoms with Crippen LogP contribution in [0.4, 0.5) is 0 Å². The van der Waals surface area contributed by atoms with Crippen molar-refractivity contribution in [2.45, 2.75) is 25.4 Å². The molecule has 190 valence electrons. The standard InChI is InChI=1S/C12H11O2P.C9H14O3.C7H6O2/c13-15(14,11-7-3-1-4-8-11)12-9-5-2-6-10-12;1-7(11)9(2,6-10)8-4-3-5-12-8;8-7(9)6-4-2-1-3-5-6/h1-10H,(H,13,14);3-5,7,10-11H,6H2,1-2H3;1-5H,(H,8,9). The fourth-order valence-electron chi connectivity index (χ4n) is 3.01. The van der Waals surface area contributed by atoms with Gasteiger partial charge in [-0.2, -0.15) is 0 Å². The average molecular weight is 511 g/mol. The Morgan fingerprint density at radius 1 is 0.861 bits per heavy atom. The van der Waals surface area contributed by atoms with Crippen molar-refractivity contribution >= 4 is 23.9 Å². The molecule has 4 aromatic rings. The molecule has 1 aromatic heterocycles. The normalized spacial score (nSPS) is 13.1. The molecule has 4 rings (SSSR count). The maximum absolute atomic E-state index is 12.2. The summed E-state index contributed by atoms with van der Waals surface area (Å²) in [4.78, 5) is 20.2. The summed E-state index contributed by atoms with van der Waals surface area (Å²) >= 11 is 0. The third-order valence-corrected chi connectivity index (χ3v) is 7.56. The highest BCUT2D eigenvalue weighted by Gasteiger charge is 2.34. The molecule has 2 unspecified atom stereocenters. The smallest absolute Gasteiger partial charge is 0.335 e. The number of hydrogen-bond acceptors (Lipinski definition) is 5. The van der Waals surface area contributed by atoms with Crippen molar-refractivity contribution in [3.63, 3.8) is 0 Å². The monoisotopic (exact) mass is 510 g/mol. The quantitative estimate of drug-likeness (QED) is 0.286. The van der Waals surface area contributed by atoms with Gasteiger partial charge in [-0.3, -0.25) is 4.57 Å². The van der Waals surface area contributed by atoms with E-state index in [1.165, 1.54) is 6.26 Å². The van der Waals surface area contributed by atoms with Gasteiger partial charge in [0.25, 0.3) is 7.37 Å². The lowest BCUT2D eigenvalue weighted by Gasteiger charge is -2.27. The zero-order valence-corrected chi connectivity index (χ0v) is 21.0. The van der Waals surface area contributed by atoms with Gasteiger partial charge in [0.1, 0.15) is 5.76 Å². The summed E-state index contributed by atoms with van der Waals surface area (Å²) in [6.07, 6.45) is 0.902. The molecule has 0 aliphatic rings. The average Bonchev–Trinajstić information content (AvgIpc) is 3.46. The molecular formula is C28H31O7P. The van der Waals surface area contributed by atoms with Crippen molar-refractivity contribution in [3.05, 3.63) is 121 Å². The molecule has 8 heteroatoms. The van der Waals surface area contributed by atoms with Gasteiger partial charge in [0.15, 0.2) is 0 Å². The molecule has 0 aliphatic heterocycles. The third-order valence-electron chi connectivity index (χ3n) is 5.57. The fraction of sp³-hybridized carbons (Fsp3) is 0.179. The Balaban J connectivity index is 0.000000197.